The first-order valence-corrected chi connectivity index (χ1v) is 13.9. The van der Waals surface area contributed by atoms with Gasteiger partial charge in [0.2, 0.25) is 10.0 Å². The van der Waals surface area contributed by atoms with Gasteiger partial charge in [-0.3, -0.25) is 0 Å². The lowest BCUT2D eigenvalue weighted by Gasteiger charge is -2.32. The van der Waals surface area contributed by atoms with Crippen LogP contribution in [0.3, 0.4) is 0 Å². The second-order valence-electron chi connectivity index (χ2n) is 9.43. The maximum atomic E-state index is 14.1. The van der Waals surface area contributed by atoms with Crippen molar-refractivity contribution < 1.29 is 22.7 Å². The monoisotopic (exact) mass is 543 g/mol. The molecule has 1 saturated heterocycles. The number of rotatable bonds is 5. The zero-order valence-corrected chi connectivity index (χ0v) is 21.8. The molecule has 0 aliphatic carbocycles. The van der Waals surface area contributed by atoms with Gasteiger partial charge in [0.1, 0.15) is 10.7 Å². The Kier molecular flexibility index (Phi) is 6.97. The van der Waals surface area contributed by atoms with Crippen LogP contribution in [0.4, 0.5) is 15.8 Å². The van der Waals surface area contributed by atoms with E-state index >= 15 is 0 Å². The fraction of sp³-hybridized carbons (Fsp3) is 0.296. The van der Waals surface area contributed by atoms with Gasteiger partial charge in [-0.2, -0.15) is 4.31 Å². The van der Waals surface area contributed by atoms with Crippen LogP contribution < -0.4 is 4.90 Å². The summed E-state index contributed by atoms with van der Waals surface area (Å²) in [5.41, 5.74) is 1.38. The third kappa shape index (κ3) is 4.84. The first-order chi connectivity index (χ1) is 17.7. The Bertz CT molecular complexity index is 1450. The number of halogens is 2. The standard InChI is InChI=1S/C27H27ClFN3O4S/c1-30-20(16-31-11-5-6-12-31)17-32(19-7-3-2-4-8-19)25-15-23(28)21(14-26(25)37(30,35)36)18-9-10-24(29)22(13-18)27(33)34/h2-4,7-10,13-15,20H,5-6,11-12,16-17H2,1H3,(H,33,34)/t20-/m1/s1. The summed E-state index contributed by atoms with van der Waals surface area (Å²) in [4.78, 5) is 15.8. The van der Waals surface area contributed by atoms with Crippen LogP contribution in [0.1, 0.15) is 23.2 Å². The number of carboxylic acid groups (broad SMARTS) is 1. The molecule has 3 aromatic carbocycles. The van der Waals surface area contributed by atoms with Crippen molar-refractivity contribution in [2.45, 2.75) is 23.8 Å². The number of fused-ring (bicyclic) bond motifs is 1. The number of hydrogen-bond acceptors (Lipinski definition) is 5. The van der Waals surface area contributed by atoms with Gasteiger partial charge in [0.05, 0.1) is 22.3 Å². The van der Waals surface area contributed by atoms with Crippen molar-refractivity contribution in [3.05, 3.63) is 77.1 Å². The number of carbonyl (C=O) groups is 1. The van der Waals surface area contributed by atoms with Crippen LogP contribution in [0.15, 0.2) is 65.6 Å². The third-order valence-electron chi connectivity index (χ3n) is 7.15. The van der Waals surface area contributed by atoms with Crippen molar-refractivity contribution in [3.63, 3.8) is 0 Å². The van der Waals surface area contributed by atoms with Crippen LogP contribution in [0.5, 0.6) is 0 Å². The summed E-state index contributed by atoms with van der Waals surface area (Å²) < 4.78 is 43.5. The summed E-state index contributed by atoms with van der Waals surface area (Å²) in [6.07, 6.45) is 2.20. The SMILES string of the molecule is CN1[C@H](CN2CCCC2)CN(c2ccccc2)c2cc(Cl)c(-c3ccc(F)c(C(=O)O)c3)cc2S1(=O)=O. The van der Waals surface area contributed by atoms with Gasteiger partial charge in [0.25, 0.3) is 0 Å². The molecule has 2 heterocycles. The fourth-order valence-electron chi connectivity index (χ4n) is 5.10. The van der Waals surface area contributed by atoms with E-state index in [2.05, 4.69) is 4.90 Å². The average Bonchev–Trinajstić information content (AvgIpc) is 3.37. The molecule has 0 bridgehead atoms. The zero-order valence-electron chi connectivity index (χ0n) is 20.3. The Balaban J connectivity index is 1.68. The van der Waals surface area contributed by atoms with E-state index in [0.29, 0.717) is 29.9 Å². The Labute approximate surface area is 220 Å². The molecule has 3 aromatic rings. The maximum Gasteiger partial charge on any atom is 0.338 e. The van der Waals surface area contributed by atoms with Gasteiger partial charge in [-0.15, -0.1) is 0 Å². The summed E-state index contributed by atoms with van der Waals surface area (Å²) in [5.74, 6) is -2.30. The molecule has 5 rings (SSSR count). The predicted octanol–water partition coefficient (Wildman–Crippen LogP) is 5.08. The number of nitrogens with zero attached hydrogens (tertiary/aromatic N) is 3. The van der Waals surface area contributed by atoms with E-state index in [1.807, 2.05) is 35.2 Å². The summed E-state index contributed by atoms with van der Waals surface area (Å²) in [6, 6.07) is 15.9. The molecule has 2 aliphatic heterocycles. The van der Waals surface area contributed by atoms with Crippen LogP contribution in [0.2, 0.25) is 5.02 Å². The van der Waals surface area contributed by atoms with Crippen molar-refractivity contribution in [2.24, 2.45) is 0 Å². The average molecular weight is 544 g/mol. The van der Waals surface area contributed by atoms with Gasteiger partial charge in [-0.05, 0) is 67.9 Å². The predicted molar refractivity (Wildman–Crippen MR) is 142 cm³/mol. The molecule has 0 amide bonds. The fourth-order valence-corrected chi connectivity index (χ4v) is 6.91. The van der Waals surface area contributed by atoms with E-state index in [1.165, 1.54) is 22.5 Å². The molecule has 0 saturated carbocycles. The molecule has 0 radical (unpaired) electrons. The zero-order chi connectivity index (χ0) is 26.3. The second-order valence-corrected chi connectivity index (χ2v) is 11.8. The van der Waals surface area contributed by atoms with Gasteiger partial charge in [0.15, 0.2) is 0 Å². The van der Waals surface area contributed by atoms with Crippen molar-refractivity contribution in [1.29, 1.82) is 0 Å². The lowest BCUT2D eigenvalue weighted by atomic mass is 10.0. The molecule has 1 atom stereocenters. The van der Waals surface area contributed by atoms with E-state index in [1.54, 1.807) is 13.1 Å². The van der Waals surface area contributed by atoms with Gasteiger partial charge in [-0.1, -0.05) is 35.9 Å². The van der Waals surface area contributed by atoms with Crippen molar-refractivity contribution >= 4 is 39.0 Å². The summed E-state index contributed by atoms with van der Waals surface area (Å²) in [7, 11) is -2.35. The molecular weight excluding hydrogens is 517 g/mol. The molecule has 194 valence electrons. The highest BCUT2D eigenvalue weighted by Crippen LogP contribution is 2.43. The number of para-hydroxylation sites is 1. The van der Waals surface area contributed by atoms with E-state index in [0.717, 1.165) is 37.7 Å². The molecule has 7 nitrogen and oxygen atoms in total. The van der Waals surface area contributed by atoms with E-state index in [9.17, 15) is 22.7 Å². The van der Waals surface area contributed by atoms with E-state index in [-0.39, 0.29) is 16.0 Å². The molecule has 37 heavy (non-hydrogen) atoms. The largest absolute Gasteiger partial charge is 0.478 e. The number of aromatic carboxylic acids is 1. The molecule has 0 spiro atoms. The molecule has 2 aliphatic rings. The molecule has 0 aromatic heterocycles. The maximum absolute atomic E-state index is 14.1. The van der Waals surface area contributed by atoms with Gasteiger partial charge in [-0.25, -0.2) is 17.6 Å². The number of likely N-dealkylation sites (tertiary alicyclic amines) is 1. The van der Waals surface area contributed by atoms with Gasteiger partial charge < -0.3 is 14.9 Å². The normalized spacial score (nSPS) is 20.0. The van der Waals surface area contributed by atoms with Gasteiger partial charge in [0, 0.05) is 31.4 Å². The minimum Gasteiger partial charge on any atom is -0.478 e. The Morgan fingerprint density at radius 1 is 1.08 bits per heavy atom. The summed E-state index contributed by atoms with van der Waals surface area (Å²) >= 11 is 6.69. The summed E-state index contributed by atoms with van der Waals surface area (Å²) in [6.45, 7) is 2.91. The molecule has 1 N–H and O–H groups in total. The number of sulfonamides is 1. The first-order valence-electron chi connectivity index (χ1n) is 12.1. The van der Waals surface area contributed by atoms with Crippen molar-refractivity contribution in [2.75, 3.05) is 38.1 Å². The molecule has 1 fully saturated rings. The van der Waals surface area contributed by atoms with Crippen LogP contribution in [-0.2, 0) is 10.0 Å². The highest BCUT2D eigenvalue weighted by Gasteiger charge is 2.38. The molecule has 0 unspecified atom stereocenters. The lowest BCUT2D eigenvalue weighted by Crippen LogP contribution is -2.47. The van der Waals surface area contributed by atoms with Gasteiger partial charge >= 0.3 is 5.97 Å². The Morgan fingerprint density at radius 3 is 2.46 bits per heavy atom. The Morgan fingerprint density at radius 2 is 1.78 bits per heavy atom. The quantitative estimate of drug-likeness (QED) is 0.483. The third-order valence-corrected chi connectivity index (χ3v) is 9.40. The highest BCUT2D eigenvalue weighted by molar-refractivity contribution is 7.89. The van der Waals surface area contributed by atoms with Crippen molar-refractivity contribution in [1.82, 2.24) is 9.21 Å². The van der Waals surface area contributed by atoms with E-state index < -0.39 is 27.4 Å². The lowest BCUT2D eigenvalue weighted by molar-refractivity contribution is 0.0692. The number of likely N-dealkylation sites (N-methyl/N-ethyl adjacent to an activating group) is 1. The molecule has 10 heteroatoms. The Hall–Kier alpha value is -2.98. The minimum absolute atomic E-state index is 0.0587. The number of anilines is 2. The van der Waals surface area contributed by atoms with Crippen LogP contribution in [-0.4, -0.2) is 68.0 Å². The number of benzene rings is 3. The topological polar surface area (TPSA) is 81.2 Å². The first kappa shape index (κ1) is 25.7. The van der Waals surface area contributed by atoms with Crippen LogP contribution in [0, 0.1) is 5.82 Å². The smallest absolute Gasteiger partial charge is 0.338 e. The number of carboxylic acids is 1. The summed E-state index contributed by atoms with van der Waals surface area (Å²) in [5, 5.41) is 9.61. The highest BCUT2D eigenvalue weighted by atomic mass is 35.5. The minimum atomic E-state index is -3.95. The number of hydrogen-bond donors (Lipinski definition) is 1. The van der Waals surface area contributed by atoms with Crippen LogP contribution >= 0.6 is 11.6 Å². The molecular formula is C27H27ClFN3O4S. The van der Waals surface area contributed by atoms with E-state index in [4.69, 9.17) is 11.6 Å². The van der Waals surface area contributed by atoms with Crippen LogP contribution in [0.25, 0.3) is 11.1 Å². The van der Waals surface area contributed by atoms with Crippen molar-refractivity contribution in [3.8, 4) is 11.1 Å². The second kappa shape index (κ2) is 10.1.